The fourth-order valence-corrected chi connectivity index (χ4v) is 2.02. The molecule has 7 heteroatoms. The number of hydrogen-bond acceptors (Lipinski definition) is 6. The van der Waals surface area contributed by atoms with Crippen LogP contribution in [0.5, 0.6) is 0 Å². The number of pyridine rings is 1. The minimum absolute atomic E-state index is 0.169. The van der Waals surface area contributed by atoms with E-state index in [1.807, 2.05) is 0 Å². The number of nitrogen functional groups attached to an aromatic ring is 1. The number of aromatic nitrogens is 3. The molecule has 0 spiro atoms. The lowest BCUT2D eigenvalue weighted by molar-refractivity contribution is 0.0696. The summed E-state index contributed by atoms with van der Waals surface area (Å²) in [7, 11) is 0. The third-order valence-electron chi connectivity index (χ3n) is 2.12. The van der Waals surface area contributed by atoms with Crippen LogP contribution in [0.25, 0.3) is 0 Å². The monoisotopic (exact) mass is 262 g/mol. The molecule has 3 N–H and O–H groups in total. The van der Waals surface area contributed by atoms with Gasteiger partial charge in [0, 0.05) is 24.3 Å². The average Bonchev–Trinajstić information content (AvgIpc) is 2.38. The molecule has 0 atom stereocenters. The lowest BCUT2D eigenvalue weighted by atomic mass is 10.2. The second kappa shape index (κ2) is 5.46. The van der Waals surface area contributed by atoms with Crippen LogP contribution in [0.15, 0.2) is 35.7 Å². The smallest absolute Gasteiger partial charge is 0.337 e. The molecule has 0 saturated carbocycles. The minimum Gasteiger partial charge on any atom is -0.478 e. The lowest BCUT2D eigenvalue weighted by Crippen LogP contribution is -1.99. The van der Waals surface area contributed by atoms with Crippen LogP contribution in [0.2, 0.25) is 0 Å². The predicted octanol–water partition coefficient (Wildman–Crippen LogP) is 1.44. The summed E-state index contributed by atoms with van der Waals surface area (Å²) in [4.78, 5) is 22.7. The summed E-state index contributed by atoms with van der Waals surface area (Å²) >= 11 is 1.41. The van der Waals surface area contributed by atoms with Gasteiger partial charge in [-0.15, -0.1) is 0 Å². The molecule has 0 fully saturated rings. The van der Waals surface area contributed by atoms with Gasteiger partial charge in [0.2, 0.25) is 0 Å². The van der Waals surface area contributed by atoms with E-state index in [1.54, 1.807) is 12.3 Å². The normalized spacial score (nSPS) is 10.2. The van der Waals surface area contributed by atoms with Gasteiger partial charge in [0.15, 0.2) is 5.82 Å². The van der Waals surface area contributed by atoms with Crippen molar-refractivity contribution in [3.63, 3.8) is 0 Å². The molecule has 2 aromatic rings. The maximum absolute atomic E-state index is 10.7. The summed E-state index contributed by atoms with van der Waals surface area (Å²) in [6, 6.07) is 3.19. The molecule has 18 heavy (non-hydrogen) atoms. The van der Waals surface area contributed by atoms with Gasteiger partial charge in [0.1, 0.15) is 5.03 Å². The van der Waals surface area contributed by atoms with Gasteiger partial charge in [-0.25, -0.2) is 14.8 Å². The van der Waals surface area contributed by atoms with Crippen LogP contribution in [0, 0.1) is 0 Å². The van der Waals surface area contributed by atoms with Crippen molar-refractivity contribution in [2.75, 3.05) is 5.73 Å². The third-order valence-corrected chi connectivity index (χ3v) is 3.15. The van der Waals surface area contributed by atoms with E-state index >= 15 is 0 Å². The second-order valence-electron chi connectivity index (χ2n) is 3.38. The highest BCUT2D eigenvalue weighted by Crippen LogP contribution is 2.23. The van der Waals surface area contributed by atoms with Gasteiger partial charge in [-0.05, 0) is 12.1 Å². The topological polar surface area (TPSA) is 102 Å². The number of nitrogens with two attached hydrogens (primary N) is 1. The SMILES string of the molecule is Nc1nccnc1SCc1ccc(C(=O)O)cn1. The van der Waals surface area contributed by atoms with Crippen LogP contribution in [0.4, 0.5) is 5.82 Å². The van der Waals surface area contributed by atoms with Gasteiger partial charge in [0.25, 0.3) is 0 Å². The number of thioether (sulfide) groups is 1. The van der Waals surface area contributed by atoms with Gasteiger partial charge >= 0.3 is 5.97 Å². The quantitative estimate of drug-likeness (QED) is 0.804. The van der Waals surface area contributed by atoms with Crippen molar-refractivity contribution in [2.24, 2.45) is 0 Å². The maximum atomic E-state index is 10.7. The summed E-state index contributed by atoms with van der Waals surface area (Å²) in [6.45, 7) is 0. The highest BCUT2D eigenvalue weighted by Gasteiger charge is 2.05. The number of rotatable bonds is 4. The fourth-order valence-electron chi connectivity index (χ4n) is 1.23. The lowest BCUT2D eigenvalue weighted by Gasteiger charge is -2.02. The summed E-state index contributed by atoms with van der Waals surface area (Å²) in [5.41, 5.74) is 6.58. The molecule has 0 radical (unpaired) electrons. The van der Waals surface area contributed by atoms with E-state index in [0.717, 1.165) is 5.69 Å². The Morgan fingerprint density at radius 2 is 2.06 bits per heavy atom. The van der Waals surface area contributed by atoms with Crippen molar-refractivity contribution < 1.29 is 9.90 Å². The number of nitrogens with zero attached hydrogens (tertiary/aromatic N) is 3. The van der Waals surface area contributed by atoms with Crippen molar-refractivity contribution in [3.8, 4) is 0 Å². The number of hydrogen-bond donors (Lipinski definition) is 2. The Morgan fingerprint density at radius 3 is 2.67 bits per heavy atom. The first-order chi connectivity index (χ1) is 8.66. The predicted molar refractivity (Wildman–Crippen MR) is 67.2 cm³/mol. The summed E-state index contributed by atoms with van der Waals surface area (Å²) in [5.74, 6) is -0.0486. The Hall–Kier alpha value is -2.15. The first-order valence-electron chi connectivity index (χ1n) is 5.04. The summed E-state index contributed by atoms with van der Waals surface area (Å²) in [5, 5.41) is 9.38. The van der Waals surface area contributed by atoms with Crippen LogP contribution in [0.1, 0.15) is 16.1 Å². The molecule has 0 aliphatic carbocycles. The molecule has 0 saturated heterocycles. The minimum atomic E-state index is -0.986. The molecule has 0 aliphatic heterocycles. The standard InChI is InChI=1S/C11H10N4O2S/c12-9-10(14-4-3-13-9)18-6-8-2-1-7(5-15-8)11(16)17/h1-5H,6H2,(H2,12,13)(H,16,17). The number of carboxylic acids is 1. The van der Waals surface area contributed by atoms with Gasteiger partial charge in [0.05, 0.1) is 11.3 Å². The van der Waals surface area contributed by atoms with E-state index in [1.165, 1.54) is 30.2 Å². The highest BCUT2D eigenvalue weighted by molar-refractivity contribution is 7.98. The van der Waals surface area contributed by atoms with Gasteiger partial charge in [-0.2, -0.15) is 0 Å². The molecule has 2 heterocycles. The third kappa shape index (κ3) is 2.95. The van der Waals surface area contributed by atoms with E-state index in [-0.39, 0.29) is 5.56 Å². The van der Waals surface area contributed by atoms with Crippen LogP contribution >= 0.6 is 11.8 Å². The zero-order valence-electron chi connectivity index (χ0n) is 9.28. The first-order valence-corrected chi connectivity index (χ1v) is 6.03. The molecule has 0 aromatic carbocycles. The highest BCUT2D eigenvalue weighted by atomic mass is 32.2. The molecule has 0 unspecified atom stereocenters. The molecule has 2 rings (SSSR count). The van der Waals surface area contributed by atoms with Crippen molar-refractivity contribution >= 4 is 23.5 Å². The fraction of sp³-hybridized carbons (Fsp3) is 0.0909. The van der Waals surface area contributed by atoms with Crippen molar-refractivity contribution in [2.45, 2.75) is 10.8 Å². The molecule has 92 valence electrons. The van der Waals surface area contributed by atoms with Crippen LogP contribution in [-0.2, 0) is 5.75 Å². The van der Waals surface area contributed by atoms with Gasteiger partial charge in [-0.3, -0.25) is 4.98 Å². The van der Waals surface area contributed by atoms with Crippen molar-refractivity contribution in [3.05, 3.63) is 42.0 Å². The number of anilines is 1. The van der Waals surface area contributed by atoms with Gasteiger partial charge in [-0.1, -0.05) is 11.8 Å². The molecular weight excluding hydrogens is 252 g/mol. The Morgan fingerprint density at radius 1 is 1.28 bits per heavy atom. The Labute approximate surface area is 107 Å². The zero-order valence-corrected chi connectivity index (χ0v) is 10.1. The van der Waals surface area contributed by atoms with E-state index in [4.69, 9.17) is 10.8 Å². The second-order valence-corrected chi connectivity index (χ2v) is 4.34. The first kappa shape index (κ1) is 12.3. The van der Waals surface area contributed by atoms with Crippen LogP contribution < -0.4 is 5.73 Å². The van der Waals surface area contributed by atoms with E-state index in [0.29, 0.717) is 16.6 Å². The maximum Gasteiger partial charge on any atom is 0.337 e. The Kier molecular flexibility index (Phi) is 3.73. The number of carboxylic acid groups (broad SMARTS) is 1. The molecular formula is C11H10N4O2S. The Bertz CT molecular complexity index is 559. The molecule has 6 nitrogen and oxygen atoms in total. The number of carbonyl (C=O) groups is 1. The zero-order chi connectivity index (χ0) is 13.0. The molecule has 0 aliphatic rings. The van der Waals surface area contributed by atoms with E-state index in [2.05, 4.69) is 15.0 Å². The van der Waals surface area contributed by atoms with E-state index in [9.17, 15) is 4.79 Å². The van der Waals surface area contributed by atoms with Gasteiger partial charge < -0.3 is 10.8 Å². The van der Waals surface area contributed by atoms with E-state index < -0.39 is 5.97 Å². The molecule has 0 amide bonds. The summed E-state index contributed by atoms with van der Waals surface area (Å²) < 4.78 is 0. The molecule has 2 aromatic heterocycles. The number of aromatic carboxylic acids is 1. The van der Waals surface area contributed by atoms with Crippen LogP contribution in [-0.4, -0.2) is 26.0 Å². The largest absolute Gasteiger partial charge is 0.478 e. The van der Waals surface area contributed by atoms with Crippen LogP contribution in [0.3, 0.4) is 0 Å². The Balaban J connectivity index is 2.02. The average molecular weight is 262 g/mol. The van der Waals surface area contributed by atoms with Crippen molar-refractivity contribution in [1.29, 1.82) is 0 Å². The molecule has 0 bridgehead atoms. The van der Waals surface area contributed by atoms with Crippen molar-refractivity contribution in [1.82, 2.24) is 15.0 Å². The summed E-state index contributed by atoms with van der Waals surface area (Å²) in [6.07, 6.45) is 4.43.